The van der Waals surface area contributed by atoms with Crippen molar-refractivity contribution in [2.24, 2.45) is 0 Å². The second kappa shape index (κ2) is 9.54. The van der Waals surface area contributed by atoms with Crippen LogP contribution in [-0.4, -0.2) is 31.1 Å². The molecule has 7 nitrogen and oxygen atoms in total. The topological polar surface area (TPSA) is 85.6 Å². The van der Waals surface area contributed by atoms with Gasteiger partial charge in [-0.2, -0.15) is 4.68 Å². The second-order valence-corrected chi connectivity index (χ2v) is 8.55. The van der Waals surface area contributed by atoms with Gasteiger partial charge in [0.05, 0.1) is 16.8 Å². The molecule has 0 saturated carbocycles. The van der Waals surface area contributed by atoms with Crippen LogP contribution in [0.1, 0.15) is 47.5 Å². The third kappa shape index (κ3) is 4.68. The summed E-state index contributed by atoms with van der Waals surface area (Å²) in [6.07, 6.45) is 3.24. The fraction of sp³-hybridized carbons (Fsp3) is 0.227. The predicted octanol–water partition coefficient (Wildman–Crippen LogP) is 5.02. The molecule has 0 aliphatic rings. The average molecular weight is 471 g/mol. The van der Waals surface area contributed by atoms with Crippen molar-refractivity contribution in [2.45, 2.75) is 32.7 Å². The minimum absolute atomic E-state index is 0.246. The first-order valence-corrected chi connectivity index (χ1v) is 11.3. The lowest BCUT2D eigenvalue weighted by molar-refractivity contribution is 0.0940. The van der Waals surface area contributed by atoms with E-state index in [9.17, 15) is 9.18 Å². The van der Waals surface area contributed by atoms with Crippen LogP contribution >= 0.6 is 22.9 Å². The molecule has 0 aliphatic heterocycles. The van der Waals surface area contributed by atoms with Crippen LogP contribution in [0.2, 0.25) is 5.02 Å². The van der Waals surface area contributed by atoms with Crippen LogP contribution in [0, 0.1) is 5.82 Å². The van der Waals surface area contributed by atoms with Gasteiger partial charge in [0, 0.05) is 29.1 Å². The number of hydrogen-bond donors (Lipinski definition) is 1. The number of carbonyl (C=O) groups excluding carboxylic acids is 1. The van der Waals surface area contributed by atoms with Crippen molar-refractivity contribution in [1.82, 2.24) is 30.5 Å². The van der Waals surface area contributed by atoms with E-state index in [4.69, 9.17) is 11.6 Å². The molecule has 4 rings (SSSR count). The van der Waals surface area contributed by atoms with Gasteiger partial charge < -0.3 is 5.32 Å². The van der Waals surface area contributed by atoms with Gasteiger partial charge in [0.15, 0.2) is 5.82 Å². The minimum atomic E-state index is -0.434. The van der Waals surface area contributed by atoms with Crippen LogP contribution in [0.15, 0.2) is 48.0 Å². The number of nitrogens with one attached hydrogen (secondary N) is 1. The zero-order valence-electron chi connectivity index (χ0n) is 17.4. The highest BCUT2D eigenvalue weighted by Crippen LogP contribution is 2.31. The van der Waals surface area contributed by atoms with Crippen molar-refractivity contribution in [3.8, 4) is 16.8 Å². The summed E-state index contributed by atoms with van der Waals surface area (Å²) >= 11 is 7.78. The molecule has 0 fully saturated rings. The highest BCUT2D eigenvalue weighted by atomic mass is 35.5. The van der Waals surface area contributed by atoms with Crippen molar-refractivity contribution in [1.29, 1.82) is 0 Å². The Bertz CT molecular complexity index is 1240. The molecular formula is C22H20ClFN6OS. The number of aromatic nitrogens is 5. The third-order valence-corrected chi connectivity index (χ3v) is 6.11. The Balaban J connectivity index is 1.78. The molecule has 1 amide bonds. The van der Waals surface area contributed by atoms with E-state index in [1.807, 2.05) is 25.3 Å². The number of aryl methyl sites for hydroxylation is 1. The van der Waals surface area contributed by atoms with Gasteiger partial charge in [-0.25, -0.2) is 9.37 Å². The summed E-state index contributed by atoms with van der Waals surface area (Å²) in [5.74, 6) is -0.0348. The van der Waals surface area contributed by atoms with Gasteiger partial charge in [-0.05, 0) is 65.7 Å². The maximum absolute atomic E-state index is 13.6. The highest BCUT2D eigenvalue weighted by Gasteiger charge is 2.18. The molecule has 1 unspecified atom stereocenters. The number of halogens is 2. The van der Waals surface area contributed by atoms with E-state index in [0.717, 1.165) is 11.4 Å². The zero-order chi connectivity index (χ0) is 22.7. The molecule has 2 aromatic carbocycles. The summed E-state index contributed by atoms with van der Waals surface area (Å²) in [5, 5.41) is 17.9. The molecular weight excluding hydrogens is 451 g/mol. The Morgan fingerprint density at radius 2 is 2.12 bits per heavy atom. The first-order valence-electron chi connectivity index (χ1n) is 10.0. The summed E-state index contributed by atoms with van der Waals surface area (Å²) in [6, 6.07) is 9.17. The molecule has 164 valence electrons. The number of tetrazole rings is 1. The van der Waals surface area contributed by atoms with Gasteiger partial charge in [0.25, 0.3) is 5.91 Å². The number of carbonyl (C=O) groups is 1. The van der Waals surface area contributed by atoms with Crippen molar-refractivity contribution >= 4 is 28.8 Å². The van der Waals surface area contributed by atoms with E-state index in [-0.39, 0.29) is 17.0 Å². The molecule has 10 heteroatoms. The molecule has 32 heavy (non-hydrogen) atoms. The number of rotatable bonds is 7. The Morgan fingerprint density at radius 1 is 1.28 bits per heavy atom. The molecule has 2 aromatic heterocycles. The molecule has 0 radical (unpaired) electrons. The van der Waals surface area contributed by atoms with Gasteiger partial charge in [-0.3, -0.25) is 4.79 Å². The second-order valence-electron chi connectivity index (χ2n) is 7.22. The molecule has 4 aromatic rings. The quantitative estimate of drug-likeness (QED) is 0.409. The molecule has 0 aliphatic carbocycles. The summed E-state index contributed by atoms with van der Waals surface area (Å²) in [5.41, 5.74) is 2.27. The number of thiazole rings is 1. The van der Waals surface area contributed by atoms with E-state index in [0.29, 0.717) is 34.6 Å². The van der Waals surface area contributed by atoms with E-state index in [1.165, 1.54) is 23.5 Å². The third-order valence-electron chi connectivity index (χ3n) is 4.84. The Kier molecular flexibility index (Phi) is 6.57. The largest absolute Gasteiger partial charge is 0.343 e. The van der Waals surface area contributed by atoms with Crippen LogP contribution < -0.4 is 5.32 Å². The Morgan fingerprint density at radius 3 is 2.84 bits per heavy atom. The lowest BCUT2D eigenvalue weighted by Gasteiger charge is -2.14. The lowest BCUT2D eigenvalue weighted by Crippen LogP contribution is -2.26. The number of amides is 1. The first kappa shape index (κ1) is 22.0. The van der Waals surface area contributed by atoms with E-state index >= 15 is 0 Å². The zero-order valence-corrected chi connectivity index (χ0v) is 19.0. The normalized spacial score (nSPS) is 12.0. The van der Waals surface area contributed by atoms with Gasteiger partial charge in [-0.15, -0.1) is 16.4 Å². The monoisotopic (exact) mass is 470 g/mol. The lowest BCUT2D eigenvalue weighted by atomic mass is 10.0. The van der Waals surface area contributed by atoms with Gasteiger partial charge >= 0.3 is 0 Å². The maximum atomic E-state index is 13.6. The Labute approximate surface area is 193 Å². The Hall–Kier alpha value is -3.17. The smallest absolute Gasteiger partial charge is 0.251 e. The summed E-state index contributed by atoms with van der Waals surface area (Å²) in [7, 11) is 0. The summed E-state index contributed by atoms with van der Waals surface area (Å²) in [6.45, 7) is 3.91. The van der Waals surface area contributed by atoms with E-state index < -0.39 is 5.82 Å². The van der Waals surface area contributed by atoms with Crippen LogP contribution in [0.5, 0.6) is 0 Å². The van der Waals surface area contributed by atoms with Crippen LogP contribution in [-0.2, 0) is 6.42 Å². The first-order chi connectivity index (χ1) is 15.5. The van der Waals surface area contributed by atoms with Gasteiger partial charge in [0.1, 0.15) is 10.8 Å². The van der Waals surface area contributed by atoms with Crippen LogP contribution in [0.25, 0.3) is 16.8 Å². The molecule has 2 heterocycles. The number of nitrogens with zero attached hydrogens (tertiary/aromatic N) is 5. The number of hydrogen-bond acceptors (Lipinski definition) is 6. The van der Waals surface area contributed by atoms with Crippen molar-refractivity contribution in [3.63, 3.8) is 0 Å². The molecule has 0 bridgehead atoms. The highest BCUT2D eigenvalue weighted by molar-refractivity contribution is 7.09. The average Bonchev–Trinajstić information content (AvgIpc) is 3.46. The van der Waals surface area contributed by atoms with Crippen LogP contribution in [0.4, 0.5) is 4.39 Å². The van der Waals surface area contributed by atoms with E-state index in [1.54, 1.807) is 29.1 Å². The summed E-state index contributed by atoms with van der Waals surface area (Å²) in [4.78, 5) is 17.4. The van der Waals surface area contributed by atoms with Crippen molar-refractivity contribution in [2.75, 3.05) is 0 Å². The molecule has 0 spiro atoms. The standard InChI is InChI=1S/C22H20ClFN6OS/c1-3-4-20-27-28-29-30(20)17-10-14(18-6-5-16(24)12-19(18)23)9-15(11-17)21(31)26-13(2)22-25-7-8-32-22/h5-13H,3-4H2,1-2H3,(H,26,31). The SMILES string of the molecule is CCCc1nnnn1-c1cc(C(=O)NC(C)c2nccs2)cc(-c2ccc(F)cc2Cl)c1. The van der Waals surface area contributed by atoms with Gasteiger partial charge in [0.2, 0.25) is 0 Å². The predicted molar refractivity (Wildman–Crippen MR) is 122 cm³/mol. The maximum Gasteiger partial charge on any atom is 0.251 e. The minimum Gasteiger partial charge on any atom is -0.343 e. The van der Waals surface area contributed by atoms with Crippen molar-refractivity contribution < 1.29 is 9.18 Å². The molecule has 1 atom stereocenters. The fourth-order valence-corrected chi connectivity index (χ4v) is 4.24. The summed E-state index contributed by atoms with van der Waals surface area (Å²) < 4.78 is 15.2. The van der Waals surface area contributed by atoms with Gasteiger partial charge in [-0.1, -0.05) is 18.5 Å². The van der Waals surface area contributed by atoms with Crippen LogP contribution in [0.3, 0.4) is 0 Å². The molecule has 0 saturated heterocycles. The fourth-order valence-electron chi connectivity index (χ4n) is 3.32. The number of benzene rings is 2. The van der Waals surface area contributed by atoms with E-state index in [2.05, 4.69) is 25.8 Å². The molecule has 1 N–H and O–H groups in total. The van der Waals surface area contributed by atoms with Crippen molar-refractivity contribution in [3.05, 3.63) is 75.2 Å².